The fourth-order valence-corrected chi connectivity index (χ4v) is 5.28. The van der Waals surface area contributed by atoms with Crippen LogP contribution in [-0.2, 0) is 26.1 Å². The summed E-state index contributed by atoms with van der Waals surface area (Å²) in [6.07, 6.45) is 0. The van der Waals surface area contributed by atoms with Gasteiger partial charge in [0.25, 0.3) is 0 Å². The first kappa shape index (κ1) is 18.6. The molecule has 1 heterocycles. The zero-order chi connectivity index (χ0) is 19.7. The molecular weight excluding hydrogens is 370 g/mol. The first-order valence-corrected chi connectivity index (χ1v) is 10.2. The van der Waals surface area contributed by atoms with Gasteiger partial charge in [0.2, 0.25) is 0 Å². The summed E-state index contributed by atoms with van der Waals surface area (Å²) in [7, 11) is -0.147. The Kier molecular flexibility index (Phi) is 4.87. The van der Waals surface area contributed by atoms with Crippen LogP contribution in [0.1, 0.15) is 22.7 Å². The number of hydrogen-bond donors (Lipinski definition) is 0. The molecule has 28 heavy (non-hydrogen) atoms. The van der Waals surface area contributed by atoms with Crippen molar-refractivity contribution in [2.24, 2.45) is 0 Å². The van der Waals surface area contributed by atoms with Gasteiger partial charge in [0.15, 0.2) is 5.54 Å². The zero-order valence-corrected chi connectivity index (χ0v) is 16.6. The highest BCUT2D eigenvalue weighted by Crippen LogP contribution is 2.62. The average molecular weight is 391 g/mol. The molecule has 0 aliphatic carbocycles. The monoisotopic (exact) mass is 391 g/mol. The lowest BCUT2D eigenvalue weighted by Gasteiger charge is -2.15. The van der Waals surface area contributed by atoms with Crippen molar-refractivity contribution in [3.8, 4) is 0 Å². The molecule has 3 aromatic carbocycles. The summed E-state index contributed by atoms with van der Waals surface area (Å²) in [5.41, 5.74) is 1.68. The molecule has 4 atom stereocenters. The highest BCUT2D eigenvalue weighted by Gasteiger charge is 2.73. The van der Waals surface area contributed by atoms with E-state index < -0.39 is 22.5 Å². The van der Waals surface area contributed by atoms with Crippen molar-refractivity contribution in [1.82, 2.24) is 4.31 Å². The quantitative estimate of drug-likeness (QED) is 0.485. The third-order valence-corrected chi connectivity index (χ3v) is 6.67. The fourth-order valence-electron chi connectivity index (χ4n) is 3.73. The van der Waals surface area contributed by atoms with Crippen LogP contribution in [0.15, 0.2) is 89.8 Å². The number of rotatable bonds is 5. The Balaban J connectivity index is 1.87. The van der Waals surface area contributed by atoms with E-state index in [9.17, 15) is 9.00 Å². The molecule has 142 valence electrons. The fraction of sp³-hybridized carbons (Fsp3) is 0.174. The lowest BCUT2D eigenvalue weighted by atomic mass is 9.91. The second kappa shape index (κ2) is 7.34. The molecule has 4 nitrogen and oxygen atoms in total. The minimum absolute atomic E-state index is 0.370. The summed E-state index contributed by atoms with van der Waals surface area (Å²) in [4.78, 5) is 13.7. The normalized spacial score (nSPS) is 24.4. The van der Waals surface area contributed by atoms with E-state index in [0.717, 1.165) is 16.7 Å². The highest BCUT2D eigenvalue weighted by atomic mass is 32.2. The number of carbonyl (C=O) groups excluding carboxylic acids is 1. The predicted molar refractivity (Wildman–Crippen MR) is 109 cm³/mol. The van der Waals surface area contributed by atoms with Gasteiger partial charge in [-0.25, -0.2) is 9.00 Å². The van der Waals surface area contributed by atoms with E-state index >= 15 is 0 Å². The molecule has 0 N–H and O–H groups in total. The Morgan fingerprint density at radius 3 is 2.07 bits per heavy atom. The number of hydrogen-bond acceptors (Lipinski definition) is 3. The summed E-state index contributed by atoms with van der Waals surface area (Å²) in [5.74, 6) is -0.409. The molecule has 0 radical (unpaired) electrons. The minimum Gasteiger partial charge on any atom is -0.467 e. The SMILES string of the molecule is COC(=O)[C@@]1(c2ccccc2)[C@H](c2ccccc2)N1[S@@](=O)c1ccc(C)cc1. The van der Waals surface area contributed by atoms with Gasteiger partial charge in [0.1, 0.15) is 11.0 Å². The Labute approximate surface area is 167 Å². The molecule has 0 spiro atoms. The van der Waals surface area contributed by atoms with Crippen molar-refractivity contribution in [2.45, 2.75) is 23.4 Å². The molecule has 0 saturated carbocycles. The lowest BCUT2D eigenvalue weighted by molar-refractivity contribution is -0.144. The Morgan fingerprint density at radius 1 is 0.929 bits per heavy atom. The summed E-state index contributed by atoms with van der Waals surface area (Å²) < 4.78 is 20.5. The second-order valence-electron chi connectivity index (χ2n) is 6.83. The van der Waals surface area contributed by atoms with Crippen molar-refractivity contribution < 1.29 is 13.7 Å². The van der Waals surface area contributed by atoms with Crippen LogP contribution in [0.4, 0.5) is 0 Å². The van der Waals surface area contributed by atoms with Crippen molar-refractivity contribution in [1.29, 1.82) is 0 Å². The number of ether oxygens (including phenoxy) is 1. The predicted octanol–water partition coefficient (Wildman–Crippen LogP) is 4.14. The van der Waals surface area contributed by atoms with Crippen LogP contribution in [0.25, 0.3) is 0 Å². The van der Waals surface area contributed by atoms with Gasteiger partial charge in [-0.15, -0.1) is 0 Å². The van der Waals surface area contributed by atoms with Gasteiger partial charge < -0.3 is 4.74 Å². The summed E-state index contributed by atoms with van der Waals surface area (Å²) in [5, 5.41) is 0. The van der Waals surface area contributed by atoms with E-state index in [1.54, 1.807) is 4.31 Å². The van der Waals surface area contributed by atoms with E-state index in [2.05, 4.69) is 0 Å². The lowest BCUT2D eigenvalue weighted by Crippen LogP contribution is -2.29. The molecular formula is C23H21NO3S. The zero-order valence-electron chi connectivity index (χ0n) is 15.7. The standard InChI is InChI=1S/C23H21NO3S/c1-17-13-15-20(16-14-17)28(26)24-21(18-9-5-3-6-10-18)23(24,22(25)27-2)19-11-7-4-8-12-19/h3-16,21H,1-2H3/t21-,23+,24?,28-/m0/s1. The Morgan fingerprint density at radius 2 is 1.50 bits per heavy atom. The summed E-state index contributed by atoms with van der Waals surface area (Å²) in [6.45, 7) is 1.99. The molecule has 1 saturated heterocycles. The number of nitrogens with zero attached hydrogens (tertiary/aromatic N) is 1. The number of esters is 1. The van der Waals surface area contributed by atoms with Crippen molar-refractivity contribution >= 4 is 17.0 Å². The second-order valence-corrected chi connectivity index (χ2v) is 8.19. The summed E-state index contributed by atoms with van der Waals surface area (Å²) >= 11 is 0. The van der Waals surface area contributed by atoms with E-state index in [1.165, 1.54) is 7.11 Å². The topological polar surface area (TPSA) is 46.4 Å². The molecule has 1 fully saturated rings. The molecule has 0 bridgehead atoms. The third kappa shape index (κ3) is 2.87. The maximum Gasteiger partial charge on any atom is 0.333 e. The van der Waals surface area contributed by atoms with Crippen LogP contribution in [0.2, 0.25) is 0 Å². The van der Waals surface area contributed by atoms with Crippen LogP contribution in [-0.4, -0.2) is 21.6 Å². The molecule has 0 aromatic heterocycles. The van der Waals surface area contributed by atoms with Crippen LogP contribution in [0.5, 0.6) is 0 Å². The minimum atomic E-state index is -1.52. The van der Waals surface area contributed by atoms with Crippen molar-refractivity contribution in [3.05, 3.63) is 102 Å². The van der Waals surface area contributed by atoms with Gasteiger partial charge in [-0.1, -0.05) is 78.4 Å². The van der Waals surface area contributed by atoms with Crippen molar-refractivity contribution in [2.75, 3.05) is 7.11 Å². The molecule has 1 unspecified atom stereocenters. The molecule has 0 amide bonds. The van der Waals surface area contributed by atoms with Crippen LogP contribution in [0, 0.1) is 6.92 Å². The number of carbonyl (C=O) groups is 1. The summed E-state index contributed by atoms with van der Waals surface area (Å²) in [6, 6.07) is 26.3. The number of methoxy groups -OCH3 is 1. The van der Waals surface area contributed by atoms with E-state index in [1.807, 2.05) is 91.9 Å². The maximum atomic E-state index is 13.5. The first-order chi connectivity index (χ1) is 13.6. The van der Waals surface area contributed by atoms with Gasteiger partial charge in [0.05, 0.1) is 18.0 Å². The van der Waals surface area contributed by atoms with Crippen LogP contribution in [0.3, 0.4) is 0 Å². The van der Waals surface area contributed by atoms with Crippen LogP contribution >= 0.6 is 0 Å². The van der Waals surface area contributed by atoms with Gasteiger partial charge in [-0.2, -0.15) is 4.31 Å². The Bertz CT molecular complexity index is 1010. The number of benzene rings is 3. The molecule has 3 aromatic rings. The molecule has 4 rings (SSSR count). The van der Waals surface area contributed by atoms with E-state index in [0.29, 0.717) is 4.90 Å². The van der Waals surface area contributed by atoms with E-state index in [-0.39, 0.29) is 6.04 Å². The number of aryl methyl sites for hydroxylation is 1. The van der Waals surface area contributed by atoms with Gasteiger partial charge in [-0.05, 0) is 30.2 Å². The molecule has 1 aliphatic rings. The van der Waals surface area contributed by atoms with Gasteiger partial charge in [0, 0.05) is 0 Å². The highest BCUT2D eigenvalue weighted by molar-refractivity contribution is 7.83. The van der Waals surface area contributed by atoms with Gasteiger partial charge >= 0.3 is 5.97 Å². The van der Waals surface area contributed by atoms with E-state index in [4.69, 9.17) is 4.74 Å². The Hall–Kier alpha value is -2.76. The smallest absolute Gasteiger partial charge is 0.333 e. The first-order valence-electron chi connectivity index (χ1n) is 9.07. The molecule has 1 aliphatic heterocycles. The molecule has 5 heteroatoms. The van der Waals surface area contributed by atoms with Gasteiger partial charge in [-0.3, -0.25) is 0 Å². The largest absolute Gasteiger partial charge is 0.467 e. The maximum absolute atomic E-state index is 13.5. The third-order valence-electron chi connectivity index (χ3n) is 5.14. The van der Waals surface area contributed by atoms with Crippen LogP contribution < -0.4 is 0 Å². The van der Waals surface area contributed by atoms with Crippen molar-refractivity contribution in [3.63, 3.8) is 0 Å². The average Bonchev–Trinajstić information content (AvgIpc) is 3.45.